The molecule has 0 amide bonds. The largest absolute Gasteiger partial charge is 0.311 e. The first kappa shape index (κ1) is 15.7. The third kappa shape index (κ3) is 3.32. The van der Waals surface area contributed by atoms with Crippen molar-refractivity contribution in [2.75, 3.05) is 7.05 Å². The molecule has 0 saturated carbocycles. The SMILES string of the molecule is CCc1nc(CC)n(C(CC)C(NC)c2ccccc2)n1. The Hall–Kier alpha value is -1.68. The lowest BCUT2D eigenvalue weighted by Crippen LogP contribution is -2.29. The van der Waals surface area contributed by atoms with Crippen molar-refractivity contribution in [3.8, 4) is 0 Å². The zero-order valence-electron chi connectivity index (χ0n) is 13.5. The number of hydrogen-bond acceptors (Lipinski definition) is 3. The molecular weight excluding hydrogens is 260 g/mol. The van der Waals surface area contributed by atoms with Gasteiger partial charge in [0.05, 0.1) is 12.1 Å². The molecule has 0 spiro atoms. The van der Waals surface area contributed by atoms with E-state index in [2.05, 4.69) is 66.1 Å². The van der Waals surface area contributed by atoms with Crippen molar-refractivity contribution in [1.29, 1.82) is 0 Å². The molecule has 1 aromatic carbocycles. The lowest BCUT2D eigenvalue weighted by atomic mass is 9.97. The number of aromatic nitrogens is 3. The smallest absolute Gasteiger partial charge is 0.150 e. The molecule has 1 N–H and O–H groups in total. The van der Waals surface area contributed by atoms with Crippen molar-refractivity contribution in [1.82, 2.24) is 20.1 Å². The molecule has 0 bridgehead atoms. The van der Waals surface area contributed by atoms with Crippen molar-refractivity contribution in [2.24, 2.45) is 0 Å². The summed E-state index contributed by atoms with van der Waals surface area (Å²) >= 11 is 0. The predicted octanol–water partition coefficient (Wildman–Crippen LogP) is 3.31. The Morgan fingerprint density at radius 2 is 1.81 bits per heavy atom. The Morgan fingerprint density at radius 1 is 1.10 bits per heavy atom. The molecule has 1 heterocycles. The Kier molecular flexibility index (Phi) is 5.51. The highest BCUT2D eigenvalue weighted by Crippen LogP contribution is 2.29. The zero-order chi connectivity index (χ0) is 15.2. The molecule has 2 aromatic rings. The molecule has 0 saturated heterocycles. The maximum atomic E-state index is 4.73. The van der Waals surface area contributed by atoms with Crippen molar-refractivity contribution >= 4 is 0 Å². The third-order valence-electron chi connectivity index (χ3n) is 3.97. The van der Waals surface area contributed by atoms with Crippen molar-refractivity contribution < 1.29 is 0 Å². The fourth-order valence-electron chi connectivity index (χ4n) is 2.85. The summed E-state index contributed by atoms with van der Waals surface area (Å²) in [5.74, 6) is 2.02. The zero-order valence-corrected chi connectivity index (χ0v) is 13.5. The molecular formula is C17H26N4. The van der Waals surface area contributed by atoms with Crippen molar-refractivity contribution in [2.45, 2.75) is 52.1 Å². The lowest BCUT2D eigenvalue weighted by molar-refractivity contribution is 0.326. The second-order valence-electron chi connectivity index (χ2n) is 5.25. The Bertz CT molecular complexity index is 547. The second kappa shape index (κ2) is 7.36. The number of nitrogens with one attached hydrogen (secondary N) is 1. The molecule has 2 unspecified atom stereocenters. The number of aryl methyl sites for hydroxylation is 2. The van der Waals surface area contributed by atoms with Gasteiger partial charge in [-0.1, -0.05) is 51.1 Å². The normalized spacial score (nSPS) is 14.1. The molecule has 2 atom stereocenters. The Morgan fingerprint density at radius 3 is 2.33 bits per heavy atom. The van der Waals surface area contributed by atoms with Gasteiger partial charge in [-0.25, -0.2) is 9.67 Å². The van der Waals surface area contributed by atoms with Crippen molar-refractivity contribution in [3.05, 3.63) is 47.5 Å². The summed E-state index contributed by atoms with van der Waals surface area (Å²) in [6.07, 6.45) is 2.81. The molecule has 4 nitrogen and oxygen atoms in total. The van der Waals surface area contributed by atoms with E-state index in [1.165, 1.54) is 5.56 Å². The average Bonchev–Trinajstić information content (AvgIpc) is 2.96. The van der Waals surface area contributed by atoms with E-state index in [0.717, 1.165) is 30.9 Å². The first-order valence-corrected chi connectivity index (χ1v) is 7.91. The van der Waals surface area contributed by atoms with Crippen LogP contribution in [0.2, 0.25) is 0 Å². The number of nitrogens with zero attached hydrogens (tertiary/aromatic N) is 3. The van der Waals surface area contributed by atoms with Gasteiger partial charge in [0, 0.05) is 12.8 Å². The molecule has 0 aliphatic carbocycles. The van der Waals surface area contributed by atoms with Crippen LogP contribution >= 0.6 is 0 Å². The summed E-state index contributed by atoms with van der Waals surface area (Å²) in [7, 11) is 2.02. The van der Waals surface area contributed by atoms with Gasteiger partial charge in [0.1, 0.15) is 5.82 Å². The van der Waals surface area contributed by atoms with Gasteiger partial charge in [-0.2, -0.15) is 5.10 Å². The van der Waals surface area contributed by atoms with Gasteiger partial charge in [-0.05, 0) is 19.0 Å². The van der Waals surface area contributed by atoms with E-state index in [9.17, 15) is 0 Å². The molecule has 1 aromatic heterocycles. The molecule has 0 aliphatic rings. The maximum Gasteiger partial charge on any atom is 0.150 e. The van der Waals surface area contributed by atoms with Crippen LogP contribution in [-0.4, -0.2) is 21.8 Å². The van der Waals surface area contributed by atoms with E-state index < -0.39 is 0 Å². The summed E-state index contributed by atoms with van der Waals surface area (Å²) in [5, 5.41) is 8.19. The van der Waals surface area contributed by atoms with Crippen LogP contribution in [0.5, 0.6) is 0 Å². The van der Waals surface area contributed by atoms with E-state index in [1.54, 1.807) is 0 Å². The predicted molar refractivity (Wildman–Crippen MR) is 86.3 cm³/mol. The van der Waals surface area contributed by atoms with Crippen molar-refractivity contribution in [3.63, 3.8) is 0 Å². The monoisotopic (exact) mass is 286 g/mol. The number of hydrogen-bond donors (Lipinski definition) is 1. The van der Waals surface area contributed by atoms with Crippen LogP contribution in [0.3, 0.4) is 0 Å². The summed E-state index contributed by atoms with van der Waals surface area (Å²) < 4.78 is 2.13. The molecule has 0 radical (unpaired) electrons. The highest BCUT2D eigenvalue weighted by atomic mass is 15.4. The van der Waals surface area contributed by atoms with Gasteiger partial charge in [0.2, 0.25) is 0 Å². The highest BCUT2D eigenvalue weighted by molar-refractivity contribution is 5.20. The molecule has 2 rings (SSSR count). The van der Waals surface area contributed by atoms with E-state index in [0.29, 0.717) is 0 Å². The van der Waals surface area contributed by atoms with E-state index >= 15 is 0 Å². The topological polar surface area (TPSA) is 42.7 Å². The quantitative estimate of drug-likeness (QED) is 0.849. The summed E-state index contributed by atoms with van der Waals surface area (Å²) in [4.78, 5) is 4.65. The standard InChI is InChI=1S/C17H26N4/c1-5-14(17(18-4)13-11-9-8-10-12-13)21-16(7-3)19-15(6-2)20-21/h8-12,14,17-18H,5-7H2,1-4H3. The first-order chi connectivity index (χ1) is 10.2. The molecule has 21 heavy (non-hydrogen) atoms. The fraction of sp³-hybridized carbons (Fsp3) is 0.529. The second-order valence-corrected chi connectivity index (χ2v) is 5.25. The number of benzene rings is 1. The van der Waals surface area contributed by atoms with Crippen LogP contribution in [0, 0.1) is 0 Å². The fourth-order valence-corrected chi connectivity index (χ4v) is 2.85. The van der Waals surface area contributed by atoms with Gasteiger partial charge in [0.15, 0.2) is 5.82 Å². The summed E-state index contributed by atoms with van der Waals surface area (Å²) in [6.45, 7) is 6.46. The van der Waals surface area contributed by atoms with E-state index in [-0.39, 0.29) is 12.1 Å². The minimum atomic E-state index is 0.243. The van der Waals surface area contributed by atoms with Crippen LogP contribution in [0.15, 0.2) is 30.3 Å². The van der Waals surface area contributed by atoms with Gasteiger partial charge in [0.25, 0.3) is 0 Å². The van der Waals surface area contributed by atoms with Crippen LogP contribution < -0.4 is 5.32 Å². The highest BCUT2D eigenvalue weighted by Gasteiger charge is 2.25. The van der Waals surface area contributed by atoms with E-state index in [1.807, 2.05) is 7.05 Å². The van der Waals surface area contributed by atoms with E-state index in [4.69, 9.17) is 5.10 Å². The minimum Gasteiger partial charge on any atom is -0.311 e. The minimum absolute atomic E-state index is 0.243. The molecule has 4 heteroatoms. The Balaban J connectivity index is 2.40. The maximum absolute atomic E-state index is 4.73. The van der Waals surface area contributed by atoms with Gasteiger partial charge in [-0.15, -0.1) is 0 Å². The number of likely N-dealkylation sites (N-methyl/N-ethyl adjacent to an activating group) is 1. The van der Waals surface area contributed by atoms with Gasteiger partial charge < -0.3 is 5.32 Å². The number of rotatable bonds is 7. The summed E-state index contributed by atoms with van der Waals surface area (Å²) in [6, 6.07) is 11.1. The third-order valence-corrected chi connectivity index (χ3v) is 3.97. The van der Waals surface area contributed by atoms with Crippen LogP contribution in [-0.2, 0) is 12.8 Å². The average molecular weight is 286 g/mol. The van der Waals surface area contributed by atoms with Crippen LogP contribution in [0.1, 0.15) is 56.5 Å². The van der Waals surface area contributed by atoms with Crippen LogP contribution in [0.25, 0.3) is 0 Å². The molecule has 0 fully saturated rings. The van der Waals surface area contributed by atoms with Crippen LogP contribution in [0.4, 0.5) is 0 Å². The van der Waals surface area contributed by atoms with Gasteiger partial charge in [-0.3, -0.25) is 0 Å². The first-order valence-electron chi connectivity index (χ1n) is 7.91. The summed E-state index contributed by atoms with van der Waals surface area (Å²) in [5.41, 5.74) is 1.29. The Labute approximate surface area is 127 Å². The van der Waals surface area contributed by atoms with Gasteiger partial charge >= 0.3 is 0 Å². The molecule has 0 aliphatic heterocycles. The lowest BCUT2D eigenvalue weighted by Gasteiger charge is -2.27. The molecule has 114 valence electrons.